The molecule has 2 rings (SSSR count). The van der Waals surface area contributed by atoms with Crippen LogP contribution in [-0.4, -0.2) is 10.3 Å². The second kappa shape index (κ2) is 3.12. The van der Waals surface area contributed by atoms with E-state index in [9.17, 15) is 5.11 Å². The normalized spacial score (nSPS) is 13.5. The maximum Gasteiger partial charge on any atom is 0.168 e. The smallest absolute Gasteiger partial charge is 0.168 e. The largest absolute Gasteiger partial charge is 0.387 e. The molecule has 0 aliphatic rings. The van der Waals surface area contributed by atoms with Gasteiger partial charge >= 0.3 is 0 Å². The van der Waals surface area contributed by atoms with Gasteiger partial charge in [-0.15, -0.1) is 0 Å². The van der Waals surface area contributed by atoms with Crippen molar-refractivity contribution in [2.45, 2.75) is 13.0 Å². The van der Waals surface area contributed by atoms with Gasteiger partial charge in [0.1, 0.15) is 5.69 Å². The molecule has 1 aromatic carbocycles. The highest BCUT2D eigenvalue weighted by molar-refractivity contribution is 9.10. The Balaban J connectivity index is 2.79. The minimum absolute atomic E-state index is 0.572. The molecule has 0 aliphatic heterocycles. The SMILES string of the molecule is CC(O)c1noc2cccc(Br)c12. The Morgan fingerprint density at radius 3 is 3.00 bits per heavy atom. The van der Waals surface area contributed by atoms with Crippen LogP contribution in [0.4, 0.5) is 0 Å². The maximum absolute atomic E-state index is 9.39. The van der Waals surface area contributed by atoms with Crippen LogP contribution in [0.5, 0.6) is 0 Å². The fourth-order valence-electron chi connectivity index (χ4n) is 1.26. The third-order valence-electron chi connectivity index (χ3n) is 1.87. The molecular formula is C9H8BrNO2. The molecule has 1 unspecified atom stereocenters. The summed E-state index contributed by atoms with van der Waals surface area (Å²) in [5, 5.41) is 14.0. The predicted molar refractivity (Wildman–Crippen MR) is 52.3 cm³/mol. The van der Waals surface area contributed by atoms with Crippen molar-refractivity contribution in [2.24, 2.45) is 0 Å². The first-order chi connectivity index (χ1) is 6.20. The van der Waals surface area contributed by atoms with Crippen molar-refractivity contribution < 1.29 is 9.63 Å². The van der Waals surface area contributed by atoms with Crippen LogP contribution in [0.2, 0.25) is 0 Å². The van der Waals surface area contributed by atoms with E-state index in [1.807, 2.05) is 18.2 Å². The topological polar surface area (TPSA) is 46.3 Å². The second-order valence-electron chi connectivity index (χ2n) is 2.86. The van der Waals surface area contributed by atoms with Gasteiger partial charge in [0.15, 0.2) is 5.58 Å². The van der Waals surface area contributed by atoms with Crippen LogP contribution in [0, 0.1) is 0 Å². The minimum atomic E-state index is -0.611. The van der Waals surface area contributed by atoms with E-state index in [2.05, 4.69) is 21.1 Å². The molecule has 0 fully saturated rings. The van der Waals surface area contributed by atoms with Crippen LogP contribution in [0.25, 0.3) is 11.0 Å². The molecule has 68 valence electrons. The average molecular weight is 242 g/mol. The highest BCUT2D eigenvalue weighted by Crippen LogP contribution is 2.29. The lowest BCUT2D eigenvalue weighted by atomic mass is 10.1. The second-order valence-corrected chi connectivity index (χ2v) is 3.71. The lowest BCUT2D eigenvalue weighted by Crippen LogP contribution is -1.91. The summed E-state index contributed by atoms with van der Waals surface area (Å²) in [5.41, 5.74) is 1.26. The Kier molecular flexibility index (Phi) is 2.09. The minimum Gasteiger partial charge on any atom is -0.387 e. The number of nitrogens with zero attached hydrogens (tertiary/aromatic N) is 1. The van der Waals surface area contributed by atoms with E-state index in [-0.39, 0.29) is 0 Å². The Labute approximate surface area is 83.5 Å². The number of fused-ring (bicyclic) bond motifs is 1. The van der Waals surface area contributed by atoms with Crippen molar-refractivity contribution in [1.29, 1.82) is 0 Å². The number of hydrogen-bond donors (Lipinski definition) is 1. The Morgan fingerprint density at radius 2 is 2.31 bits per heavy atom. The van der Waals surface area contributed by atoms with Crippen molar-refractivity contribution in [2.75, 3.05) is 0 Å². The fraction of sp³-hybridized carbons (Fsp3) is 0.222. The van der Waals surface area contributed by atoms with Crippen molar-refractivity contribution in [3.63, 3.8) is 0 Å². The van der Waals surface area contributed by atoms with Gasteiger partial charge < -0.3 is 9.63 Å². The zero-order valence-corrected chi connectivity index (χ0v) is 8.58. The van der Waals surface area contributed by atoms with Gasteiger partial charge in [0.25, 0.3) is 0 Å². The predicted octanol–water partition coefficient (Wildman–Crippen LogP) is 2.64. The van der Waals surface area contributed by atoms with E-state index in [4.69, 9.17) is 4.52 Å². The van der Waals surface area contributed by atoms with E-state index >= 15 is 0 Å². The molecule has 1 heterocycles. The summed E-state index contributed by atoms with van der Waals surface area (Å²) >= 11 is 3.38. The zero-order valence-electron chi connectivity index (χ0n) is 6.99. The third-order valence-corrected chi connectivity index (χ3v) is 2.53. The summed E-state index contributed by atoms with van der Waals surface area (Å²) in [6, 6.07) is 5.58. The number of rotatable bonds is 1. The molecule has 2 aromatic rings. The third kappa shape index (κ3) is 1.36. The summed E-state index contributed by atoms with van der Waals surface area (Å²) in [6.07, 6.45) is -0.611. The first-order valence-electron chi connectivity index (χ1n) is 3.92. The van der Waals surface area contributed by atoms with Crippen LogP contribution >= 0.6 is 15.9 Å². The molecule has 13 heavy (non-hydrogen) atoms. The standard InChI is InChI=1S/C9H8BrNO2/c1-5(12)9-8-6(10)3-2-4-7(8)13-11-9/h2-5,12H,1H3. The number of benzene rings is 1. The summed E-state index contributed by atoms with van der Waals surface area (Å²) in [6.45, 7) is 1.66. The number of aliphatic hydroxyl groups excluding tert-OH is 1. The molecule has 0 spiro atoms. The van der Waals surface area contributed by atoms with Crippen LogP contribution in [-0.2, 0) is 0 Å². The number of hydrogen-bond acceptors (Lipinski definition) is 3. The molecule has 4 heteroatoms. The van der Waals surface area contributed by atoms with Crippen LogP contribution in [0.3, 0.4) is 0 Å². The fourth-order valence-corrected chi connectivity index (χ4v) is 1.81. The number of aliphatic hydroxyl groups is 1. The highest BCUT2D eigenvalue weighted by atomic mass is 79.9. The molecule has 1 atom stereocenters. The number of aromatic nitrogens is 1. The van der Waals surface area contributed by atoms with Crippen LogP contribution in [0.15, 0.2) is 27.2 Å². The van der Waals surface area contributed by atoms with E-state index in [1.54, 1.807) is 6.92 Å². The van der Waals surface area contributed by atoms with E-state index < -0.39 is 6.10 Å². The lowest BCUT2D eigenvalue weighted by molar-refractivity contribution is 0.189. The Bertz CT molecular complexity index is 436. The van der Waals surface area contributed by atoms with Gasteiger partial charge in [-0.2, -0.15) is 0 Å². The molecule has 3 nitrogen and oxygen atoms in total. The van der Waals surface area contributed by atoms with Gasteiger partial charge in [0.05, 0.1) is 11.5 Å². The first-order valence-corrected chi connectivity index (χ1v) is 4.71. The van der Waals surface area contributed by atoms with Crippen molar-refractivity contribution in [3.8, 4) is 0 Å². The van der Waals surface area contributed by atoms with Crippen molar-refractivity contribution in [1.82, 2.24) is 5.16 Å². The molecular weight excluding hydrogens is 234 g/mol. The van der Waals surface area contributed by atoms with Gasteiger partial charge in [-0.1, -0.05) is 11.2 Å². The molecule has 0 radical (unpaired) electrons. The van der Waals surface area contributed by atoms with Gasteiger partial charge in [-0.3, -0.25) is 0 Å². The summed E-state index contributed by atoms with van der Waals surface area (Å²) in [5.74, 6) is 0. The summed E-state index contributed by atoms with van der Waals surface area (Å²) in [4.78, 5) is 0. The van der Waals surface area contributed by atoms with E-state index in [1.165, 1.54) is 0 Å². The quantitative estimate of drug-likeness (QED) is 0.836. The highest BCUT2D eigenvalue weighted by Gasteiger charge is 2.14. The van der Waals surface area contributed by atoms with Crippen molar-refractivity contribution >= 4 is 26.9 Å². The van der Waals surface area contributed by atoms with Gasteiger partial charge in [0, 0.05) is 4.47 Å². The van der Waals surface area contributed by atoms with Gasteiger partial charge in [-0.05, 0) is 35.0 Å². The Hall–Kier alpha value is -0.870. The molecule has 1 aromatic heterocycles. The lowest BCUT2D eigenvalue weighted by Gasteiger charge is -1.98. The molecule has 0 bridgehead atoms. The first kappa shape index (κ1) is 8.72. The molecule has 0 saturated heterocycles. The van der Waals surface area contributed by atoms with Crippen LogP contribution < -0.4 is 0 Å². The van der Waals surface area contributed by atoms with E-state index in [0.29, 0.717) is 11.3 Å². The number of halogens is 1. The van der Waals surface area contributed by atoms with Gasteiger partial charge in [0.2, 0.25) is 0 Å². The Morgan fingerprint density at radius 1 is 1.54 bits per heavy atom. The molecule has 0 aliphatic carbocycles. The molecule has 1 N–H and O–H groups in total. The van der Waals surface area contributed by atoms with Gasteiger partial charge in [-0.25, -0.2) is 0 Å². The monoisotopic (exact) mass is 241 g/mol. The summed E-state index contributed by atoms with van der Waals surface area (Å²) in [7, 11) is 0. The summed E-state index contributed by atoms with van der Waals surface area (Å²) < 4.78 is 5.94. The average Bonchev–Trinajstić information content (AvgIpc) is 2.49. The zero-order chi connectivity index (χ0) is 9.42. The maximum atomic E-state index is 9.39. The van der Waals surface area contributed by atoms with Crippen LogP contribution in [0.1, 0.15) is 18.7 Å². The molecule has 0 saturated carbocycles. The molecule has 0 amide bonds. The van der Waals surface area contributed by atoms with Crippen molar-refractivity contribution in [3.05, 3.63) is 28.4 Å². The van der Waals surface area contributed by atoms with E-state index in [0.717, 1.165) is 9.86 Å².